The third-order valence-electron chi connectivity index (χ3n) is 3.27. The smallest absolute Gasteiger partial charge is 0.393 e. The third-order valence-corrected chi connectivity index (χ3v) is 3.27. The number of hydrogen-bond donors (Lipinski definition) is 3. The van der Waals surface area contributed by atoms with Gasteiger partial charge in [-0.15, -0.1) is 0 Å². The first-order chi connectivity index (χ1) is 11.2. The zero-order valence-electron chi connectivity index (χ0n) is 12.1. The Morgan fingerprint density at radius 3 is 2.42 bits per heavy atom. The number of benzene rings is 1. The molecule has 6 nitrogen and oxygen atoms in total. The van der Waals surface area contributed by atoms with Crippen molar-refractivity contribution in [2.24, 2.45) is 0 Å². The average Bonchev–Trinajstić information content (AvgIpc) is 3.02. The first-order valence-corrected chi connectivity index (χ1v) is 6.65. The Kier molecular flexibility index (Phi) is 4.90. The van der Waals surface area contributed by atoms with Crippen molar-refractivity contribution in [3.63, 3.8) is 0 Å². The number of carbonyl (C=O) groups is 1. The minimum atomic E-state index is -5.10. The number of halogens is 4. The Hall–Kier alpha value is -2.46. The third kappa shape index (κ3) is 3.71. The van der Waals surface area contributed by atoms with Crippen LogP contribution in [0.25, 0.3) is 5.69 Å². The molecule has 3 N–H and O–H groups in total. The normalized spacial score (nSPS) is 14.2. The van der Waals surface area contributed by atoms with E-state index in [1.807, 2.05) is 5.32 Å². The molecular formula is C14H13F4N3O3. The molecule has 2 rings (SSSR count). The van der Waals surface area contributed by atoms with Crippen molar-refractivity contribution in [3.05, 3.63) is 48.0 Å². The van der Waals surface area contributed by atoms with E-state index in [-0.39, 0.29) is 5.56 Å². The fourth-order valence-corrected chi connectivity index (χ4v) is 1.75. The number of hydrogen-bond acceptors (Lipinski definition) is 4. The topological polar surface area (TPSA) is 87.4 Å². The number of aromatic nitrogens is 2. The molecule has 0 radical (unpaired) electrons. The maximum absolute atomic E-state index is 12.8. The zero-order valence-corrected chi connectivity index (χ0v) is 12.1. The van der Waals surface area contributed by atoms with E-state index in [9.17, 15) is 27.5 Å². The van der Waals surface area contributed by atoms with Gasteiger partial charge in [-0.1, -0.05) is 0 Å². The van der Waals surface area contributed by atoms with Gasteiger partial charge in [-0.3, -0.25) is 4.79 Å². The van der Waals surface area contributed by atoms with E-state index in [2.05, 4.69) is 5.10 Å². The second-order valence-electron chi connectivity index (χ2n) is 5.02. The first kappa shape index (κ1) is 17.9. The Balaban J connectivity index is 2.07. The van der Waals surface area contributed by atoms with Crippen molar-refractivity contribution in [1.82, 2.24) is 15.1 Å². The van der Waals surface area contributed by atoms with Gasteiger partial charge in [0.25, 0.3) is 5.91 Å². The molecule has 1 atom stereocenters. The fourth-order valence-electron chi connectivity index (χ4n) is 1.75. The van der Waals surface area contributed by atoms with E-state index in [1.54, 1.807) is 0 Å². The SMILES string of the molecule is O=C(NCC(O)(CO)C(F)(F)F)c1cnn(-c2ccc(F)cc2)c1. The molecule has 0 fully saturated rings. The van der Waals surface area contributed by atoms with Crippen molar-refractivity contribution in [2.75, 3.05) is 13.2 Å². The number of amides is 1. The van der Waals surface area contributed by atoms with Gasteiger partial charge in [0, 0.05) is 6.20 Å². The van der Waals surface area contributed by atoms with Crippen molar-refractivity contribution in [3.8, 4) is 5.69 Å². The predicted octanol–water partition coefficient (Wildman–Crippen LogP) is 1.03. The number of carbonyl (C=O) groups excluding carboxylic acids is 1. The number of aliphatic hydroxyl groups excluding tert-OH is 1. The van der Waals surface area contributed by atoms with Crippen LogP contribution >= 0.6 is 0 Å². The molecule has 0 bridgehead atoms. The van der Waals surface area contributed by atoms with Crippen LogP contribution in [-0.2, 0) is 0 Å². The summed E-state index contributed by atoms with van der Waals surface area (Å²) in [7, 11) is 0. The first-order valence-electron chi connectivity index (χ1n) is 6.65. The number of nitrogens with one attached hydrogen (secondary N) is 1. The molecule has 0 spiro atoms. The minimum absolute atomic E-state index is 0.0678. The molecule has 2 aromatic rings. The van der Waals surface area contributed by atoms with Gasteiger partial charge in [0.05, 0.1) is 30.6 Å². The van der Waals surface area contributed by atoms with Crippen LogP contribution in [-0.4, -0.2) is 50.8 Å². The monoisotopic (exact) mass is 347 g/mol. The Morgan fingerprint density at radius 2 is 1.88 bits per heavy atom. The Bertz CT molecular complexity index is 715. The molecule has 24 heavy (non-hydrogen) atoms. The average molecular weight is 347 g/mol. The van der Waals surface area contributed by atoms with Crippen LogP contribution in [0.1, 0.15) is 10.4 Å². The fraction of sp³-hybridized carbons (Fsp3) is 0.286. The van der Waals surface area contributed by atoms with E-state index in [0.717, 1.165) is 6.20 Å². The van der Waals surface area contributed by atoms with Gasteiger partial charge in [-0.25, -0.2) is 9.07 Å². The maximum Gasteiger partial charge on any atom is 0.421 e. The summed E-state index contributed by atoms with van der Waals surface area (Å²) in [6.07, 6.45) is -2.77. The molecule has 1 heterocycles. The van der Waals surface area contributed by atoms with Gasteiger partial charge in [-0.2, -0.15) is 18.3 Å². The Labute approximate surface area is 133 Å². The largest absolute Gasteiger partial charge is 0.421 e. The van der Waals surface area contributed by atoms with Crippen LogP contribution in [0.5, 0.6) is 0 Å². The van der Waals surface area contributed by atoms with Crippen molar-refractivity contribution >= 4 is 5.91 Å². The van der Waals surface area contributed by atoms with Gasteiger partial charge < -0.3 is 15.5 Å². The van der Waals surface area contributed by atoms with Crippen LogP contribution in [0.4, 0.5) is 17.6 Å². The molecule has 1 aromatic carbocycles. The van der Waals surface area contributed by atoms with E-state index in [1.165, 1.54) is 35.1 Å². The Morgan fingerprint density at radius 1 is 1.25 bits per heavy atom. The lowest BCUT2D eigenvalue weighted by molar-refractivity contribution is -0.267. The molecule has 0 aliphatic heterocycles. The van der Waals surface area contributed by atoms with E-state index < -0.39 is 36.7 Å². The van der Waals surface area contributed by atoms with Crippen LogP contribution in [0, 0.1) is 5.82 Å². The molecule has 10 heteroatoms. The summed E-state index contributed by atoms with van der Waals surface area (Å²) in [5, 5.41) is 23.8. The summed E-state index contributed by atoms with van der Waals surface area (Å²) in [6, 6.07) is 5.17. The molecule has 0 aliphatic rings. The molecule has 0 saturated carbocycles. The summed E-state index contributed by atoms with van der Waals surface area (Å²) in [5.74, 6) is -1.38. The number of alkyl halides is 3. The molecule has 130 valence electrons. The summed E-state index contributed by atoms with van der Waals surface area (Å²) in [5.41, 5.74) is -3.06. The lowest BCUT2D eigenvalue weighted by Gasteiger charge is -2.28. The molecule has 1 unspecified atom stereocenters. The summed E-state index contributed by atoms with van der Waals surface area (Å²) in [4.78, 5) is 11.8. The molecule has 0 saturated heterocycles. The second-order valence-corrected chi connectivity index (χ2v) is 5.02. The zero-order chi connectivity index (χ0) is 18.0. The lowest BCUT2D eigenvalue weighted by Crippen LogP contribution is -2.56. The highest BCUT2D eigenvalue weighted by molar-refractivity contribution is 5.93. The van der Waals surface area contributed by atoms with E-state index in [0.29, 0.717) is 5.69 Å². The van der Waals surface area contributed by atoms with Crippen LogP contribution in [0.3, 0.4) is 0 Å². The lowest BCUT2D eigenvalue weighted by atomic mass is 10.1. The highest BCUT2D eigenvalue weighted by atomic mass is 19.4. The van der Waals surface area contributed by atoms with E-state index in [4.69, 9.17) is 5.11 Å². The van der Waals surface area contributed by atoms with Gasteiger partial charge >= 0.3 is 6.18 Å². The van der Waals surface area contributed by atoms with Gasteiger partial charge in [0.15, 0.2) is 0 Å². The predicted molar refractivity (Wildman–Crippen MR) is 73.9 cm³/mol. The molecule has 0 aliphatic carbocycles. The summed E-state index contributed by atoms with van der Waals surface area (Å²) in [6.45, 7) is -2.81. The standard InChI is InChI=1S/C14H13F4N3O3/c15-10-1-3-11(4-2-10)21-6-9(5-20-21)12(23)19-7-13(24,8-22)14(16,17)18/h1-6,22,24H,7-8H2,(H,19,23). The summed E-state index contributed by atoms with van der Waals surface area (Å²) < 4.78 is 51.9. The summed E-state index contributed by atoms with van der Waals surface area (Å²) >= 11 is 0. The number of nitrogens with zero attached hydrogens (tertiary/aromatic N) is 2. The van der Waals surface area contributed by atoms with Crippen molar-refractivity contribution < 1.29 is 32.6 Å². The van der Waals surface area contributed by atoms with E-state index >= 15 is 0 Å². The van der Waals surface area contributed by atoms with Gasteiger partial charge in [0.2, 0.25) is 5.60 Å². The molecular weight excluding hydrogens is 334 g/mol. The van der Waals surface area contributed by atoms with Crippen LogP contribution in [0.2, 0.25) is 0 Å². The number of aliphatic hydroxyl groups is 2. The van der Waals surface area contributed by atoms with Gasteiger partial charge in [-0.05, 0) is 24.3 Å². The number of rotatable bonds is 5. The maximum atomic E-state index is 12.8. The minimum Gasteiger partial charge on any atom is -0.393 e. The van der Waals surface area contributed by atoms with Gasteiger partial charge in [0.1, 0.15) is 5.82 Å². The van der Waals surface area contributed by atoms with Crippen LogP contribution in [0.15, 0.2) is 36.7 Å². The highest BCUT2D eigenvalue weighted by Gasteiger charge is 2.53. The van der Waals surface area contributed by atoms with Crippen molar-refractivity contribution in [2.45, 2.75) is 11.8 Å². The second kappa shape index (κ2) is 6.57. The van der Waals surface area contributed by atoms with Crippen molar-refractivity contribution in [1.29, 1.82) is 0 Å². The highest BCUT2D eigenvalue weighted by Crippen LogP contribution is 2.29. The quantitative estimate of drug-likeness (QED) is 0.705. The molecule has 1 amide bonds. The van der Waals surface area contributed by atoms with Crippen LogP contribution < -0.4 is 5.32 Å². The molecule has 1 aromatic heterocycles.